The van der Waals surface area contributed by atoms with E-state index in [0.29, 0.717) is 17.4 Å². The molecule has 0 bridgehead atoms. The summed E-state index contributed by atoms with van der Waals surface area (Å²) in [6.07, 6.45) is -7.52. The second-order valence-electron chi connectivity index (χ2n) is 7.91. The predicted molar refractivity (Wildman–Crippen MR) is 119 cm³/mol. The molecular weight excluding hydrogens is 506 g/mol. The predicted octanol–water partition coefficient (Wildman–Crippen LogP) is 6.45. The molecule has 0 radical (unpaired) electrons. The third-order valence-corrected chi connectivity index (χ3v) is 5.51. The minimum absolute atomic E-state index is 0.0713. The highest BCUT2D eigenvalue weighted by Gasteiger charge is 2.39. The molecular formula is C24H18F6N4O3. The highest BCUT2D eigenvalue weighted by atomic mass is 19.4. The van der Waals surface area contributed by atoms with Gasteiger partial charge in [0.25, 0.3) is 5.91 Å². The molecule has 0 aliphatic heterocycles. The molecule has 2 aromatic heterocycles. The molecule has 0 saturated carbocycles. The molecule has 4 aromatic rings. The first-order valence-electron chi connectivity index (χ1n) is 10.6. The fourth-order valence-electron chi connectivity index (χ4n) is 3.65. The summed E-state index contributed by atoms with van der Waals surface area (Å²) in [7, 11) is 1.48. The number of carbonyl (C=O) groups is 1. The number of alkyl halides is 6. The first kappa shape index (κ1) is 25.8. The Hall–Kier alpha value is -4.29. The van der Waals surface area contributed by atoms with E-state index in [9.17, 15) is 31.1 Å². The standard InChI is InChI=1S/C24H18F6N4O3/c1-13(16-8-7-14(23(25,26)27)9-18(16)24(28,29)30)34-12-15(11-31-34)32-22(35)19-10-21(37-33-19)17-5-3-4-6-20(17)36-2/h3-13H,1-2H3,(H,32,35)/t13-/m1/s1. The normalized spacial score (nSPS) is 12.9. The molecule has 0 saturated heterocycles. The molecule has 13 heteroatoms. The fourth-order valence-corrected chi connectivity index (χ4v) is 3.65. The van der Waals surface area contributed by atoms with Crippen molar-refractivity contribution < 1.29 is 40.4 Å². The number of halogens is 6. The van der Waals surface area contributed by atoms with Gasteiger partial charge in [-0.25, -0.2) is 0 Å². The lowest BCUT2D eigenvalue weighted by Crippen LogP contribution is -2.17. The van der Waals surface area contributed by atoms with E-state index in [2.05, 4.69) is 15.6 Å². The molecule has 1 atom stereocenters. The number of carbonyl (C=O) groups excluding carboxylic acids is 1. The van der Waals surface area contributed by atoms with Crippen LogP contribution in [-0.4, -0.2) is 28.0 Å². The molecule has 7 nitrogen and oxygen atoms in total. The molecule has 194 valence electrons. The molecule has 0 aliphatic carbocycles. The lowest BCUT2D eigenvalue weighted by Gasteiger charge is -2.20. The van der Waals surface area contributed by atoms with Gasteiger partial charge in [-0.3, -0.25) is 9.48 Å². The van der Waals surface area contributed by atoms with Crippen molar-refractivity contribution in [2.75, 3.05) is 12.4 Å². The van der Waals surface area contributed by atoms with Gasteiger partial charge in [0, 0.05) is 12.3 Å². The van der Waals surface area contributed by atoms with Crippen molar-refractivity contribution in [2.45, 2.75) is 25.3 Å². The van der Waals surface area contributed by atoms with Crippen LogP contribution in [0.15, 0.2) is 65.4 Å². The van der Waals surface area contributed by atoms with E-state index in [4.69, 9.17) is 9.26 Å². The first-order chi connectivity index (χ1) is 17.4. The third-order valence-electron chi connectivity index (χ3n) is 5.51. The quantitative estimate of drug-likeness (QED) is 0.294. The molecule has 37 heavy (non-hydrogen) atoms. The lowest BCUT2D eigenvalue weighted by atomic mass is 9.98. The van der Waals surface area contributed by atoms with E-state index in [-0.39, 0.29) is 23.2 Å². The van der Waals surface area contributed by atoms with Crippen molar-refractivity contribution in [3.05, 3.63) is 83.3 Å². The van der Waals surface area contributed by atoms with Crippen LogP contribution < -0.4 is 10.1 Å². The number of amides is 1. The van der Waals surface area contributed by atoms with Crippen LogP contribution in [0.25, 0.3) is 11.3 Å². The molecule has 1 N–H and O–H groups in total. The number of benzene rings is 2. The van der Waals surface area contributed by atoms with Gasteiger partial charge in [-0.15, -0.1) is 0 Å². The summed E-state index contributed by atoms with van der Waals surface area (Å²) in [5, 5.41) is 10.2. The van der Waals surface area contributed by atoms with Gasteiger partial charge >= 0.3 is 12.4 Å². The zero-order valence-electron chi connectivity index (χ0n) is 19.2. The summed E-state index contributed by atoms with van der Waals surface area (Å²) in [5.74, 6) is 0.0962. The van der Waals surface area contributed by atoms with Gasteiger partial charge in [0.2, 0.25) is 0 Å². The van der Waals surface area contributed by atoms with Gasteiger partial charge < -0.3 is 14.6 Å². The van der Waals surface area contributed by atoms with E-state index in [1.54, 1.807) is 24.3 Å². The molecule has 2 heterocycles. The van der Waals surface area contributed by atoms with Crippen molar-refractivity contribution in [3.8, 4) is 17.1 Å². The summed E-state index contributed by atoms with van der Waals surface area (Å²) < 4.78 is 91.1. The number of methoxy groups -OCH3 is 1. The Labute approximate surface area is 205 Å². The molecule has 0 spiro atoms. The largest absolute Gasteiger partial charge is 0.496 e. The Morgan fingerprint density at radius 2 is 1.78 bits per heavy atom. The van der Waals surface area contributed by atoms with Crippen molar-refractivity contribution in [3.63, 3.8) is 0 Å². The molecule has 0 fully saturated rings. The maximum atomic E-state index is 13.6. The molecule has 0 aliphatic rings. The van der Waals surface area contributed by atoms with Gasteiger partial charge in [-0.05, 0) is 36.8 Å². The van der Waals surface area contributed by atoms with E-state index >= 15 is 0 Å². The number of nitrogens with one attached hydrogen (secondary N) is 1. The van der Waals surface area contributed by atoms with E-state index in [1.807, 2.05) is 0 Å². The lowest BCUT2D eigenvalue weighted by molar-refractivity contribution is -0.143. The van der Waals surface area contributed by atoms with E-state index < -0.39 is 41.0 Å². The topological polar surface area (TPSA) is 82.2 Å². The second-order valence-corrected chi connectivity index (χ2v) is 7.91. The average molecular weight is 524 g/mol. The van der Waals surface area contributed by atoms with E-state index in [0.717, 1.165) is 10.7 Å². The summed E-state index contributed by atoms with van der Waals surface area (Å²) >= 11 is 0. The highest BCUT2D eigenvalue weighted by molar-refractivity contribution is 6.03. The number of aromatic nitrogens is 3. The number of hydrogen-bond donors (Lipinski definition) is 1. The molecule has 2 aromatic carbocycles. The van der Waals surface area contributed by atoms with Crippen LogP contribution in [0.5, 0.6) is 5.75 Å². The minimum atomic E-state index is -5.03. The van der Waals surface area contributed by atoms with Crippen molar-refractivity contribution in [1.82, 2.24) is 14.9 Å². The van der Waals surface area contributed by atoms with Gasteiger partial charge in [0.1, 0.15) is 5.75 Å². The Kier molecular flexibility index (Phi) is 6.72. The molecule has 0 unspecified atom stereocenters. The first-order valence-corrected chi connectivity index (χ1v) is 10.6. The number of ether oxygens (including phenoxy) is 1. The summed E-state index contributed by atoms with van der Waals surface area (Å²) in [6.45, 7) is 1.34. The maximum Gasteiger partial charge on any atom is 0.416 e. The van der Waals surface area contributed by atoms with Crippen molar-refractivity contribution in [2.24, 2.45) is 0 Å². The van der Waals surface area contributed by atoms with Gasteiger partial charge in [-0.2, -0.15) is 31.4 Å². The smallest absolute Gasteiger partial charge is 0.416 e. The number of anilines is 1. The monoisotopic (exact) mass is 524 g/mol. The SMILES string of the molecule is COc1ccccc1-c1cc(C(=O)Nc2cnn([C@H](C)c3ccc(C(F)(F)F)cc3C(F)(F)F)c2)no1. The van der Waals surface area contributed by atoms with Crippen LogP contribution >= 0.6 is 0 Å². The van der Waals surface area contributed by atoms with Crippen LogP contribution in [0, 0.1) is 0 Å². The number of hydrogen-bond acceptors (Lipinski definition) is 5. The van der Waals surface area contributed by atoms with Crippen LogP contribution in [-0.2, 0) is 12.4 Å². The summed E-state index contributed by atoms with van der Waals surface area (Å²) in [5.41, 5.74) is -2.65. The number of rotatable bonds is 6. The Morgan fingerprint density at radius 1 is 1.05 bits per heavy atom. The Bertz CT molecular complexity index is 1420. The number of para-hydroxylation sites is 1. The Morgan fingerprint density at radius 3 is 2.46 bits per heavy atom. The van der Waals surface area contributed by atoms with Gasteiger partial charge in [0.05, 0.1) is 41.7 Å². The van der Waals surface area contributed by atoms with Gasteiger partial charge in [-0.1, -0.05) is 23.4 Å². The fraction of sp³-hybridized carbons (Fsp3) is 0.208. The van der Waals surface area contributed by atoms with Crippen molar-refractivity contribution >= 4 is 11.6 Å². The third kappa shape index (κ3) is 5.44. The maximum absolute atomic E-state index is 13.6. The number of nitrogens with zero attached hydrogens (tertiary/aromatic N) is 3. The minimum Gasteiger partial charge on any atom is -0.496 e. The van der Waals surface area contributed by atoms with Crippen LogP contribution in [0.4, 0.5) is 32.0 Å². The zero-order valence-corrected chi connectivity index (χ0v) is 19.2. The van der Waals surface area contributed by atoms with Gasteiger partial charge in [0.15, 0.2) is 11.5 Å². The molecule has 4 rings (SSSR count). The highest BCUT2D eigenvalue weighted by Crippen LogP contribution is 2.40. The van der Waals surface area contributed by atoms with Crippen LogP contribution in [0.3, 0.4) is 0 Å². The zero-order chi connectivity index (χ0) is 27.0. The van der Waals surface area contributed by atoms with Crippen LogP contribution in [0.1, 0.15) is 40.1 Å². The van der Waals surface area contributed by atoms with Crippen LogP contribution in [0.2, 0.25) is 0 Å². The second kappa shape index (κ2) is 9.64. The Balaban J connectivity index is 1.54. The van der Waals surface area contributed by atoms with E-state index in [1.165, 1.54) is 32.5 Å². The summed E-state index contributed by atoms with van der Waals surface area (Å²) in [4.78, 5) is 12.6. The average Bonchev–Trinajstić information content (AvgIpc) is 3.52. The summed E-state index contributed by atoms with van der Waals surface area (Å²) in [6, 6.07) is 8.62. The van der Waals surface area contributed by atoms with Crippen molar-refractivity contribution in [1.29, 1.82) is 0 Å². The molecule has 1 amide bonds.